The first-order chi connectivity index (χ1) is 9.08. The molecule has 3 atom stereocenters. The number of rotatable bonds is 8. The molecule has 19 heavy (non-hydrogen) atoms. The van der Waals surface area contributed by atoms with Gasteiger partial charge in [0.15, 0.2) is 0 Å². The van der Waals surface area contributed by atoms with E-state index in [1.54, 1.807) is 0 Å². The second kappa shape index (κ2) is 8.51. The standard InChI is InChI=1S/C14H28N2O3/c1-2-11(6-7-13(18)10-17)16-8-4-3-5-12(16)9-14(15)19/h11-13,17-18H,2-10H2,1H3,(H2,15,19). The van der Waals surface area contributed by atoms with E-state index in [-0.39, 0.29) is 18.6 Å². The zero-order valence-electron chi connectivity index (χ0n) is 11.9. The Morgan fingerprint density at radius 3 is 2.74 bits per heavy atom. The summed E-state index contributed by atoms with van der Waals surface area (Å²) in [6.45, 7) is 2.96. The topological polar surface area (TPSA) is 86.8 Å². The maximum Gasteiger partial charge on any atom is 0.218 e. The Bertz CT molecular complexity index is 273. The van der Waals surface area contributed by atoms with Crippen LogP contribution in [0.15, 0.2) is 0 Å². The first kappa shape index (κ1) is 16.4. The molecule has 0 radical (unpaired) electrons. The molecule has 0 saturated carbocycles. The molecule has 0 aromatic rings. The number of carbonyl (C=O) groups is 1. The number of piperidine rings is 1. The Labute approximate surface area is 115 Å². The van der Waals surface area contributed by atoms with Crippen molar-refractivity contribution in [2.24, 2.45) is 5.73 Å². The highest BCUT2D eigenvalue weighted by atomic mass is 16.3. The SMILES string of the molecule is CCC(CCC(O)CO)N1CCCCC1CC(N)=O. The van der Waals surface area contributed by atoms with E-state index in [1.807, 2.05) is 0 Å². The van der Waals surface area contributed by atoms with Crippen LogP contribution in [-0.4, -0.2) is 52.4 Å². The van der Waals surface area contributed by atoms with Crippen molar-refractivity contribution in [1.82, 2.24) is 4.90 Å². The smallest absolute Gasteiger partial charge is 0.218 e. The highest BCUT2D eigenvalue weighted by Crippen LogP contribution is 2.25. The van der Waals surface area contributed by atoms with E-state index in [0.717, 1.165) is 38.6 Å². The van der Waals surface area contributed by atoms with Crippen LogP contribution < -0.4 is 5.73 Å². The molecule has 4 N–H and O–H groups in total. The van der Waals surface area contributed by atoms with E-state index in [1.165, 1.54) is 0 Å². The highest BCUT2D eigenvalue weighted by molar-refractivity contribution is 5.74. The summed E-state index contributed by atoms with van der Waals surface area (Å²) in [4.78, 5) is 13.5. The van der Waals surface area contributed by atoms with Crippen molar-refractivity contribution in [2.75, 3.05) is 13.2 Å². The van der Waals surface area contributed by atoms with Crippen molar-refractivity contribution < 1.29 is 15.0 Å². The molecule has 0 aromatic heterocycles. The lowest BCUT2D eigenvalue weighted by Gasteiger charge is -2.41. The summed E-state index contributed by atoms with van der Waals surface area (Å²) in [5.41, 5.74) is 5.33. The van der Waals surface area contributed by atoms with Gasteiger partial charge in [-0.3, -0.25) is 9.69 Å². The molecule has 0 spiro atoms. The van der Waals surface area contributed by atoms with Crippen LogP contribution in [0.25, 0.3) is 0 Å². The average Bonchev–Trinajstić information content (AvgIpc) is 2.40. The molecule has 0 aliphatic carbocycles. The minimum atomic E-state index is -0.631. The number of carbonyl (C=O) groups excluding carboxylic acids is 1. The Morgan fingerprint density at radius 1 is 1.42 bits per heavy atom. The van der Waals surface area contributed by atoms with Crippen LogP contribution in [0.1, 0.15) is 51.9 Å². The maximum atomic E-state index is 11.2. The number of aliphatic hydroxyl groups is 2. The lowest BCUT2D eigenvalue weighted by Crippen LogP contribution is -2.47. The molecule has 1 heterocycles. The number of likely N-dealkylation sites (tertiary alicyclic amines) is 1. The van der Waals surface area contributed by atoms with Crippen LogP contribution in [0.5, 0.6) is 0 Å². The quantitative estimate of drug-likeness (QED) is 0.605. The summed E-state index contributed by atoms with van der Waals surface area (Å²) < 4.78 is 0. The van der Waals surface area contributed by atoms with Gasteiger partial charge in [-0.1, -0.05) is 13.3 Å². The molecule has 1 amide bonds. The van der Waals surface area contributed by atoms with Crippen LogP contribution in [-0.2, 0) is 4.79 Å². The van der Waals surface area contributed by atoms with E-state index >= 15 is 0 Å². The number of primary amides is 1. The van der Waals surface area contributed by atoms with Gasteiger partial charge in [0.25, 0.3) is 0 Å². The molecule has 1 fully saturated rings. The van der Waals surface area contributed by atoms with E-state index in [2.05, 4.69) is 11.8 Å². The molecule has 0 bridgehead atoms. The molecule has 5 heteroatoms. The van der Waals surface area contributed by atoms with Gasteiger partial charge in [-0.05, 0) is 38.6 Å². The second-order valence-electron chi connectivity index (χ2n) is 5.53. The summed E-state index contributed by atoms with van der Waals surface area (Å²) in [7, 11) is 0. The first-order valence-electron chi connectivity index (χ1n) is 7.41. The van der Waals surface area contributed by atoms with Gasteiger partial charge in [0.05, 0.1) is 12.7 Å². The van der Waals surface area contributed by atoms with E-state index in [0.29, 0.717) is 18.9 Å². The molecule has 0 aromatic carbocycles. The van der Waals surface area contributed by atoms with Crippen molar-refractivity contribution in [3.63, 3.8) is 0 Å². The molecule has 1 saturated heterocycles. The van der Waals surface area contributed by atoms with E-state index < -0.39 is 6.10 Å². The number of aliphatic hydroxyl groups excluding tert-OH is 2. The summed E-state index contributed by atoms with van der Waals surface area (Å²) >= 11 is 0. The molecule has 1 rings (SSSR count). The molecular weight excluding hydrogens is 244 g/mol. The lowest BCUT2D eigenvalue weighted by molar-refractivity contribution is -0.119. The third kappa shape index (κ3) is 5.47. The van der Waals surface area contributed by atoms with Crippen LogP contribution in [0, 0.1) is 0 Å². The number of nitrogens with zero attached hydrogens (tertiary/aromatic N) is 1. The average molecular weight is 272 g/mol. The zero-order chi connectivity index (χ0) is 14.3. The van der Waals surface area contributed by atoms with Crippen molar-refractivity contribution in [3.8, 4) is 0 Å². The van der Waals surface area contributed by atoms with Gasteiger partial charge in [-0.25, -0.2) is 0 Å². The Hall–Kier alpha value is -0.650. The third-order valence-corrected chi connectivity index (χ3v) is 4.09. The van der Waals surface area contributed by atoms with Crippen molar-refractivity contribution in [3.05, 3.63) is 0 Å². The fraction of sp³-hybridized carbons (Fsp3) is 0.929. The van der Waals surface area contributed by atoms with Crippen LogP contribution in [0.3, 0.4) is 0 Å². The van der Waals surface area contributed by atoms with Gasteiger partial charge in [0.1, 0.15) is 0 Å². The van der Waals surface area contributed by atoms with Crippen molar-refractivity contribution >= 4 is 5.91 Å². The minimum absolute atomic E-state index is 0.179. The Kier molecular flexibility index (Phi) is 7.34. The molecule has 1 aliphatic rings. The van der Waals surface area contributed by atoms with Crippen molar-refractivity contribution in [2.45, 2.75) is 70.1 Å². The van der Waals surface area contributed by atoms with E-state index in [9.17, 15) is 9.90 Å². The van der Waals surface area contributed by atoms with Crippen LogP contribution in [0.4, 0.5) is 0 Å². The van der Waals surface area contributed by atoms with Gasteiger partial charge in [-0.2, -0.15) is 0 Å². The lowest BCUT2D eigenvalue weighted by atomic mass is 9.94. The van der Waals surface area contributed by atoms with Gasteiger partial charge in [0, 0.05) is 18.5 Å². The minimum Gasteiger partial charge on any atom is -0.394 e. The largest absolute Gasteiger partial charge is 0.394 e. The normalized spacial score (nSPS) is 24.1. The number of hydrogen-bond acceptors (Lipinski definition) is 4. The highest BCUT2D eigenvalue weighted by Gasteiger charge is 2.29. The zero-order valence-corrected chi connectivity index (χ0v) is 11.9. The fourth-order valence-corrected chi connectivity index (χ4v) is 3.04. The number of hydrogen-bond donors (Lipinski definition) is 3. The van der Waals surface area contributed by atoms with Gasteiger partial charge < -0.3 is 15.9 Å². The summed E-state index contributed by atoms with van der Waals surface area (Å²) in [5.74, 6) is -0.234. The Balaban J connectivity index is 2.56. The number of amides is 1. The maximum absolute atomic E-state index is 11.2. The third-order valence-electron chi connectivity index (χ3n) is 4.09. The first-order valence-corrected chi connectivity index (χ1v) is 7.41. The van der Waals surface area contributed by atoms with Gasteiger partial charge >= 0.3 is 0 Å². The molecule has 1 aliphatic heterocycles. The van der Waals surface area contributed by atoms with Crippen LogP contribution >= 0.6 is 0 Å². The molecule has 112 valence electrons. The van der Waals surface area contributed by atoms with E-state index in [4.69, 9.17) is 10.8 Å². The summed E-state index contributed by atoms with van der Waals surface area (Å²) in [6, 6.07) is 0.619. The Morgan fingerprint density at radius 2 is 2.16 bits per heavy atom. The molecule has 5 nitrogen and oxygen atoms in total. The monoisotopic (exact) mass is 272 g/mol. The van der Waals surface area contributed by atoms with Crippen molar-refractivity contribution in [1.29, 1.82) is 0 Å². The molecule has 3 unspecified atom stereocenters. The number of nitrogens with two attached hydrogens (primary N) is 1. The summed E-state index contributed by atoms with van der Waals surface area (Å²) in [6.07, 6.45) is 5.60. The second-order valence-corrected chi connectivity index (χ2v) is 5.53. The van der Waals surface area contributed by atoms with Gasteiger partial charge in [-0.15, -0.1) is 0 Å². The van der Waals surface area contributed by atoms with Crippen LogP contribution in [0.2, 0.25) is 0 Å². The fourth-order valence-electron chi connectivity index (χ4n) is 3.04. The summed E-state index contributed by atoms with van der Waals surface area (Å²) in [5, 5.41) is 18.3. The molecular formula is C14H28N2O3. The van der Waals surface area contributed by atoms with Gasteiger partial charge in [0.2, 0.25) is 5.91 Å². The predicted octanol–water partition coefficient (Wildman–Crippen LogP) is 0.628. The predicted molar refractivity (Wildman–Crippen MR) is 74.6 cm³/mol.